The Morgan fingerprint density at radius 1 is 1.03 bits per heavy atom. The van der Waals surface area contributed by atoms with Gasteiger partial charge in [-0.05, 0) is 48.6 Å². The smallest absolute Gasteiger partial charge is 0.247 e. The lowest BCUT2D eigenvalue weighted by atomic mass is 9.94. The highest BCUT2D eigenvalue weighted by atomic mass is 16.2. The zero-order valence-corrected chi connectivity index (χ0v) is 21.3. The summed E-state index contributed by atoms with van der Waals surface area (Å²) < 4.78 is 0. The van der Waals surface area contributed by atoms with E-state index in [0.29, 0.717) is 6.54 Å². The Bertz CT molecular complexity index is 1340. The molecule has 2 heterocycles. The number of fused-ring (bicyclic) bond motifs is 1. The lowest BCUT2D eigenvalue weighted by Crippen LogP contribution is -2.47. The SMILES string of the molecule is Cc1ccc([C@@H](C(=O)NC2CCCCC2)N(Cc2cccnc2)C(=O)Cc2c[nH]c3ccccc23)cc1. The van der Waals surface area contributed by atoms with Crippen molar-refractivity contribution in [3.8, 4) is 0 Å². The van der Waals surface area contributed by atoms with E-state index in [1.165, 1.54) is 6.42 Å². The number of hydrogen-bond donors (Lipinski definition) is 2. The molecule has 2 aromatic heterocycles. The Morgan fingerprint density at radius 2 is 1.81 bits per heavy atom. The maximum Gasteiger partial charge on any atom is 0.247 e. The van der Waals surface area contributed by atoms with E-state index in [-0.39, 0.29) is 24.3 Å². The largest absolute Gasteiger partial charge is 0.361 e. The quantitative estimate of drug-likeness (QED) is 0.333. The fourth-order valence-corrected chi connectivity index (χ4v) is 5.30. The predicted octanol–water partition coefficient (Wildman–Crippen LogP) is 5.63. The van der Waals surface area contributed by atoms with Crippen LogP contribution in [0.1, 0.15) is 60.4 Å². The molecule has 0 aliphatic heterocycles. The van der Waals surface area contributed by atoms with Crippen LogP contribution in [0.25, 0.3) is 10.9 Å². The van der Waals surface area contributed by atoms with E-state index >= 15 is 0 Å². The van der Waals surface area contributed by atoms with Gasteiger partial charge < -0.3 is 15.2 Å². The number of aromatic nitrogens is 2. The van der Waals surface area contributed by atoms with Crippen LogP contribution in [0.3, 0.4) is 0 Å². The van der Waals surface area contributed by atoms with Crippen LogP contribution in [-0.4, -0.2) is 32.7 Å². The summed E-state index contributed by atoms with van der Waals surface area (Å²) in [6, 6.07) is 19.1. The molecule has 2 aromatic carbocycles. The standard InChI is InChI=1S/C31H34N4O2/c1-22-13-15-24(16-14-22)30(31(37)34-26-9-3-2-4-10-26)35(21-23-8-7-17-32-19-23)29(36)18-25-20-33-28-12-6-5-11-27(25)28/h5-8,11-17,19-20,26,30,33H,2-4,9-10,18,21H2,1H3,(H,34,37)/t30-/m0/s1. The van der Waals surface area contributed by atoms with E-state index in [9.17, 15) is 9.59 Å². The van der Waals surface area contributed by atoms with E-state index < -0.39 is 6.04 Å². The maximum atomic E-state index is 14.0. The molecule has 2 N–H and O–H groups in total. The van der Waals surface area contributed by atoms with Gasteiger partial charge in [-0.15, -0.1) is 0 Å². The van der Waals surface area contributed by atoms with Gasteiger partial charge in [0.25, 0.3) is 0 Å². The molecule has 0 saturated heterocycles. The molecule has 5 rings (SSSR count). The highest BCUT2D eigenvalue weighted by molar-refractivity contribution is 5.92. The number of amides is 2. The van der Waals surface area contributed by atoms with Crippen molar-refractivity contribution in [2.24, 2.45) is 0 Å². The van der Waals surface area contributed by atoms with Crippen LogP contribution in [0.5, 0.6) is 0 Å². The maximum absolute atomic E-state index is 14.0. The summed E-state index contributed by atoms with van der Waals surface area (Å²) in [5, 5.41) is 4.31. The Labute approximate surface area is 218 Å². The first-order valence-corrected chi connectivity index (χ1v) is 13.2. The van der Waals surface area contributed by atoms with Gasteiger partial charge in [0.2, 0.25) is 11.8 Å². The minimum Gasteiger partial charge on any atom is -0.361 e. The second-order valence-corrected chi connectivity index (χ2v) is 10.1. The topological polar surface area (TPSA) is 78.1 Å². The van der Waals surface area contributed by atoms with E-state index in [4.69, 9.17) is 0 Å². The lowest BCUT2D eigenvalue weighted by Gasteiger charge is -2.33. The zero-order valence-electron chi connectivity index (χ0n) is 21.3. The fourth-order valence-electron chi connectivity index (χ4n) is 5.30. The molecule has 1 aliphatic carbocycles. The molecule has 190 valence electrons. The summed E-state index contributed by atoms with van der Waals surface area (Å²) in [7, 11) is 0. The van der Waals surface area contributed by atoms with Crippen LogP contribution < -0.4 is 5.32 Å². The Balaban J connectivity index is 1.50. The highest BCUT2D eigenvalue weighted by Crippen LogP contribution is 2.28. The number of carbonyl (C=O) groups is 2. The van der Waals surface area contributed by atoms with Gasteiger partial charge in [0.1, 0.15) is 6.04 Å². The molecule has 0 spiro atoms. The van der Waals surface area contributed by atoms with Crippen LogP contribution in [-0.2, 0) is 22.6 Å². The third-order valence-electron chi connectivity index (χ3n) is 7.32. The van der Waals surface area contributed by atoms with Crippen molar-refractivity contribution in [2.45, 2.75) is 64.1 Å². The number of nitrogens with one attached hydrogen (secondary N) is 2. The predicted molar refractivity (Wildman–Crippen MR) is 146 cm³/mol. The molecule has 1 saturated carbocycles. The number of benzene rings is 2. The summed E-state index contributed by atoms with van der Waals surface area (Å²) >= 11 is 0. The molecule has 2 amide bonds. The number of H-pyrrole nitrogens is 1. The van der Waals surface area contributed by atoms with Crippen molar-refractivity contribution in [1.82, 2.24) is 20.2 Å². The van der Waals surface area contributed by atoms with Crippen molar-refractivity contribution in [3.05, 3.63) is 102 Å². The molecule has 0 bridgehead atoms. The highest BCUT2D eigenvalue weighted by Gasteiger charge is 2.33. The molecule has 4 aromatic rings. The number of para-hydroxylation sites is 1. The summed E-state index contributed by atoms with van der Waals surface area (Å²) in [4.78, 5) is 37.2. The fraction of sp³-hybridized carbons (Fsp3) is 0.323. The van der Waals surface area contributed by atoms with Crippen molar-refractivity contribution in [1.29, 1.82) is 0 Å². The number of aromatic amines is 1. The van der Waals surface area contributed by atoms with Gasteiger partial charge in [-0.25, -0.2) is 0 Å². The van der Waals surface area contributed by atoms with Crippen molar-refractivity contribution in [3.63, 3.8) is 0 Å². The Kier molecular flexibility index (Phi) is 7.64. The van der Waals surface area contributed by atoms with E-state index in [1.807, 2.05) is 73.8 Å². The number of carbonyl (C=O) groups excluding carboxylic acids is 2. The number of aryl methyl sites for hydroxylation is 1. The molecule has 6 nitrogen and oxygen atoms in total. The second-order valence-electron chi connectivity index (χ2n) is 10.1. The van der Waals surface area contributed by atoms with Crippen molar-refractivity contribution < 1.29 is 9.59 Å². The van der Waals surface area contributed by atoms with Gasteiger partial charge in [0.05, 0.1) is 6.42 Å². The molecular weight excluding hydrogens is 460 g/mol. The third-order valence-corrected chi connectivity index (χ3v) is 7.32. The normalized spacial score (nSPS) is 14.8. The molecule has 0 radical (unpaired) electrons. The summed E-state index contributed by atoms with van der Waals surface area (Å²) in [5.41, 5.74) is 4.73. The number of pyridine rings is 1. The molecule has 1 atom stereocenters. The lowest BCUT2D eigenvalue weighted by molar-refractivity contribution is -0.141. The average molecular weight is 495 g/mol. The molecule has 1 fully saturated rings. The number of rotatable bonds is 8. The first kappa shape index (κ1) is 24.8. The first-order chi connectivity index (χ1) is 18.1. The van der Waals surface area contributed by atoms with Crippen LogP contribution in [0.15, 0.2) is 79.3 Å². The van der Waals surface area contributed by atoms with E-state index in [2.05, 4.69) is 15.3 Å². The van der Waals surface area contributed by atoms with Crippen LogP contribution in [0.2, 0.25) is 0 Å². The molecular formula is C31H34N4O2. The molecule has 0 unspecified atom stereocenters. The van der Waals surface area contributed by atoms with Gasteiger partial charge >= 0.3 is 0 Å². The first-order valence-electron chi connectivity index (χ1n) is 13.2. The molecule has 6 heteroatoms. The van der Waals surface area contributed by atoms with Gasteiger partial charge in [0, 0.05) is 42.1 Å². The number of hydrogen-bond acceptors (Lipinski definition) is 3. The summed E-state index contributed by atoms with van der Waals surface area (Å²) in [5.74, 6) is -0.218. The van der Waals surface area contributed by atoms with Crippen LogP contribution >= 0.6 is 0 Å². The summed E-state index contributed by atoms with van der Waals surface area (Å²) in [6.07, 6.45) is 11.0. The zero-order chi connectivity index (χ0) is 25.6. The van der Waals surface area contributed by atoms with Crippen molar-refractivity contribution in [2.75, 3.05) is 0 Å². The summed E-state index contributed by atoms with van der Waals surface area (Å²) in [6.45, 7) is 2.32. The molecule has 37 heavy (non-hydrogen) atoms. The van der Waals surface area contributed by atoms with Crippen molar-refractivity contribution >= 4 is 22.7 Å². The number of nitrogens with zero attached hydrogens (tertiary/aromatic N) is 2. The Morgan fingerprint density at radius 3 is 2.57 bits per heavy atom. The van der Waals surface area contributed by atoms with E-state index in [0.717, 1.165) is 58.8 Å². The Hall–Kier alpha value is -3.93. The minimum atomic E-state index is -0.736. The van der Waals surface area contributed by atoms with Crippen LogP contribution in [0, 0.1) is 6.92 Å². The van der Waals surface area contributed by atoms with Gasteiger partial charge in [-0.1, -0.05) is 73.4 Å². The van der Waals surface area contributed by atoms with E-state index in [1.54, 1.807) is 17.3 Å². The average Bonchev–Trinajstić information content (AvgIpc) is 3.33. The van der Waals surface area contributed by atoms with Gasteiger partial charge in [-0.2, -0.15) is 0 Å². The second kappa shape index (κ2) is 11.4. The minimum absolute atomic E-state index is 0.0991. The third kappa shape index (κ3) is 5.91. The van der Waals surface area contributed by atoms with Gasteiger partial charge in [0.15, 0.2) is 0 Å². The monoisotopic (exact) mass is 494 g/mol. The molecule has 1 aliphatic rings. The van der Waals surface area contributed by atoms with Crippen LogP contribution in [0.4, 0.5) is 0 Å². The van der Waals surface area contributed by atoms with Gasteiger partial charge in [-0.3, -0.25) is 14.6 Å².